The van der Waals surface area contributed by atoms with Gasteiger partial charge in [0.2, 0.25) is 11.9 Å². The number of carbonyl (C=O) groups is 2. The van der Waals surface area contributed by atoms with Gasteiger partial charge in [-0.25, -0.2) is 4.98 Å². The van der Waals surface area contributed by atoms with Crippen LogP contribution in [-0.2, 0) is 19.1 Å². The van der Waals surface area contributed by atoms with Crippen molar-refractivity contribution >= 4 is 34.8 Å². The summed E-state index contributed by atoms with van der Waals surface area (Å²) in [4.78, 5) is 36.2. The summed E-state index contributed by atoms with van der Waals surface area (Å²) in [5, 5.41) is 5.58. The maximum absolute atomic E-state index is 11.7. The molecule has 1 aliphatic rings. The Morgan fingerprint density at radius 1 is 1.39 bits per heavy atom. The Kier molecular flexibility index (Phi) is 5.78. The molecule has 2 N–H and O–H groups in total. The van der Waals surface area contributed by atoms with E-state index in [0.717, 1.165) is 6.42 Å². The molecule has 10 nitrogen and oxygen atoms in total. The molecule has 0 spiro atoms. The Morgan fingerprint density at radius 3 is 2.79 bits per heavy atom. The van der Waals surface area contributed by atoms with Crippen molar-refractivity contribution in [3.8, 4) is 0 Å². The molecule has 10 heteroatoms. The van der Waals surface area contributed by atoms with Gasteiger partial charge in [-0.2, -0.15) is 9.97 Å². The second kappa shape index (κ2) is 8.09. The predicted molar refractivity (Wildman–Crippen MR) is 103 cm³/mol. The lowest BCUT2D eigenvalue weighted by molar-refractivity contribution is -0.152. The van der Waals surface area contributed by atoms with Crippen LogP contribution in [0.2, 0.25) is 0 Å². The molecule has 3 rings (SSSR count). The quantitative estimate of drug-likeness (QED) is 0.718. The Hall–Kier alpha value is -2.75. The SMILES string of the molecule is CNc1nc(NC(C)=O)nc2c1ncn2C1OC(COC(=O)C(C)C)CC1C. The van der Waals surface area contributed by atoms with E-state index in [2.05, 4.69) is 32.5 Å². The van der Waals surface area contributed by atoms with Crippen molar-refractivity contribution in [2.45, 2.75) is 46.4 Å². The van der Waals surface area contributed by atoms with Crippen LogP contribution in [0.5, 0.6) is 0 Å². The Morgan fingerprint density at radius 2 is 2.14 bits per heavy atom. The molecule has 3 atom stereocenters. The summed E-state index contributed by atoms with van der Waals surface area (Å²) in [6, 6.07) is 0. The number of ether oxygens (including phenoxy) is 2. The van der Waals surface area contributed by atoms with E-state index in [9.17, 15) is 9.59 Å². The zero-order valence-electron chi connectivity index (χ0n) is 16.7. The van der Waals surface area contributed by atoms with Crippen LogP contribution in [0.1, 0.15) is 40.3 Å². The number of anilines is 2. The van der Waals surface area contributed by atoms with Crippen molar-refractivity contribution in [3.05, 3.63) is 6.33 Å². The third-order valence-corrected chi connectivity index (χ3v) is 4.56. The van der Waals surface area contributed by atoms with Crippen LogP contribution in [-0.4, -0.2) is 51.2 Å². The molecule has 2 aromatic rings. The Labute approximate surface area is 163 Å². The summed E-state index contributed by atoms with van der Waals surface area (Å²) in [7, 11) is 1.73. The van der Waals surface area contributed by atoms with Crippen LogP contribution in [0, 0.1) is 11.8 Å². The normalized spacial score (nSPS) is 21.9. The summed E-state index contributed by atoms with van der Waals surface area (Å²) in [6.07, 6.45) is 1.90. The number of aromatic nitrogens is 4. The average Bonchev–Trinajstić information content (AvgIpc) is 3.21. The van der Waals surface area contributed by atoms with Gasteiger partial charge in [0, 0.05) is 19.9 Å². The van der Waals surface area contributed by atoms with Crippen molar-refractivity contribution in [1.29, 1.82) is 0 Å². The molecule has 3 heterocycles. The van der Waals surface area contributed by atoms with Crippen molar-refractivity contribution in [1.82, 2.24) is 19.5 Å². The predicted octanol–water partition coefficient (Wildman–Crippen LogP) is 1.95. The smallest absolute Gasteiger partial charge is 0.308 e. The molecule has 1 saturated heterocycles. The number of fused-ring (bicyclic) bond motifs is 1. The zero-order chi connectivity index (χ0) is 20.4. The summed E-state index contributed by atoms with van der Waals surface area (Å²) < 4.78 is 13.3. The molecule has 0 aliphatic carbocycles. The fraction of sp³-hybridized carbons (Fsp3) is 0.611. The molecule has 1 aliphatic heterocycles. The number of hydrogen-bond acceptors (Lipinski definition) is 8. The fourth-order valence-corrected chi connectivity index (χ4v) is 3.20. The van der Waals surface area contributed by atoms with Gasteiger partial charge in [-0.05, 0) is 6.42 Å². The first kappa shape index (κ1) is 20.0. The van der Waals surface area contributed by atoms with Crippen molar-refractivity contribution in [3.63, 3.8) is 0 Å². The molecule has 2 aromatic heterocycles. The van der Waals surface area contributed by atoms with E-state index in [1.807, 2.05) is 4.57 Å². The first-order valence-corrected chi connectivity index (χ1v) is 9.32. The second-order valence-electron chi connectivity index (χ2n) is 7.30. The molecule has 0 aromatic carbocycles. The van der Waals surface area contributed by atoms with Crippen molar-refractivity contribution in [2.24, 2.45) is 11.8 Å². The maximum Gasteiger partial charge on any atom is 0.308 e. The molecular formula is C18H26N6O4. The second-order valence-corrected chi connectivity index (χ2v) is 7.30. The van der Waals surface area contributed by atoms with E-state index >= 15 is 0 Å². The van der Waals surface area contributed by atoms with E-state index in [1.165, 1.54) is 6.92 Å². The standard InChI is InChI=1S/C18H26N6O4/c1-9(2)17(26)27-7-12-6-10(3)16(28-12)24-8-20-13-14(19-5)22-18(21-11(4)25)23-15(13)24/h8-10,12,16H,6-7H2,1-5H3,(H2,19,21,22,23,25). The highest BCUT2D eigenvalue weighted by atomic mass is 16.6. The number of hydrogen-bond donors (Lipinski definition) is 2. The van der Waals surface area contributed by atoms with Crippen LogP contribution in [0.3, 0.4) is 0 Å². The molecule has 28 heavy (non-hydrogen) atoms. The van der Waals surface area contributed by atoms with Gasteiger partial charge in [-0.1, -0.05) is 20.8 Å². The molecule has 0 saturated carbocycles. The zero-order valence-corrected chi connectivity index (χ0v) is 16.7. The summed E-state index contributed by atoms with van der Waals surface area (Å²) in [6.45, 7) is 7.28. The highest BCUT2D eigenvalue weighted by Gasteiger charge is 2.35. The van der Waals surface area contributed by atoms with E-state index in [-0.39, 0.29) is 48.6 Å². The number of nitrogens with one attached hydrogen (secondary N) is 2. The van der Waals surface area contributed by atoms with Crippen LogP contribution >= 0.6 is 0 Å². The number of amides is 1. The van der Waals surface area contributed by atoms with Gasteiger partial charge in [0.25, 0.3) is 0 Å². The van der Waals surface area contributed by atoms with Crippen LogP contribution < -0.4 is 10.6 Å². The van der Waals surface area contributed by atoms with E-state index in [1.54, 1.807) is 27.2 Å². The number of imidazole rings is 1. The van der Waals surface area contributed by atoms with Gasteiger partial charge in [0.15, 0.2) is 17.0 Å². The lowest BCUT2D eigenvalue weighted by Crippen LogP contribution is -2.21. The van der Waals surface area contributed by atoms with Gasteiger partial charge in [0.05, 0.1) is 18.3 Å². The number of esters is 1. The van der Waals surface area contributed by atoms with Crippen LogP contribution in [0.15, 0.2) is 6.33 Å². The van der Waals surface area contributed by atoms with Gasteiger partial charge >= 0.3 is 5.97 Å². The molecule has 3 unspecified atom stereocenters. The van der Waals surface area contributed by atoms with E-state index in [4.69, 9.17) is 9.47 Å². The van der Waals surface area contributed by atoms with Crippen molar-refractivity contribution in [2.75, 3.05) is 24.3 Å². The fourth-order valence-electron chi connectivity index (χ4n) is 3.20. The Bertz CT molecular complexity index is 880. The van der Waals surface area contributed by atoms with Crippen LogP contribution in [0.25, 0.3) is 11.2 Å². The minimum absolute atomic E-state index is 0.164. The van der Waals surface area contributed by atoms with Gasteiger partial charge in [0.1, 0.15) is 12.8 Å². The summed E-state index contributed by atoms with van der Waals surface area (Å²) in [5.41, 5.74) is 1.14. The van der Waals surface area contributed by atoms with Gasteiger partial charge < -0.3 is 14.8 Å². The first-order chi connectivity index (χ1) is 13.3. The molecule has 0 radical (unpaired) electrons. The molecule has 152 valence electrons. The van der Waals surface area contributed by atoms with E-state index < -0.39 is 0 Å². The first-order valence-electron chi connectivity index (χ1n) is 9.32. The highest BCUT2D eigenvalue weighted by molar-refractivity contribution is 5.90. The number of rotatable bonds is 6. The minimum Gasteiger partial charge on any atom is -0.463 e. The lowest BCUT2D eigenvalue weighted by atomic mass is 10.1. The molecule has 1 fully saturated rings. The molecular weight excluding hydrogens is 364 g/mol. The molecule has 1 amide bonds. The monoisotopic (exact) mass is 390 g/mol. The summed E-state index contributed by atoms with van der Waals surface area (Å²) in [5.74, 6) is 0.206. The van der Waals surface area contributed by atoms with Gasteiger partial charge in [-0.3, -0.25) is 19.5 Å². The third kappa shape index (κ3) is 4.06. The molecule has 0 bridgehead atoms. The average molecular weight is 390 g/mol. The van der Waals surface area contributed by atoms with E-state index in [0.29, 0.717) is 17.0 Å². The lowest BCUT2D eigenvalue weighted by Gasteiger charge is -2.18. The van der Waals surface area contributed by atoms with Gasteiger partial charge in [-0.15, -0.1) is 0 Å². The van der Waals surface area contributed by atoms with Crippen LogP contribution in [0.4, 0.5) is 11.8 Å². The topological polar surface area (TPSA) is 120 Å². The highest BCUT2D eigenvalue weighted by Crippen LogP contribution is 2.36. The number of nitrogens with zero attached hydrogens (tertiary/aromatic N) is 4. The maximum atomic E-state index is 11.7. The minimum atomic E-state index is -0.308. The van der Waals surface area contributed by atoms with Crippen molar-refractivity contribution < 1.29 is 19.1 Å². The summed E-state index contributed by atoms with van der Waals surface area (Å²) >= 11 is 0. The third-order valence-electron chi connectivity index (χ3n) is 4.56. The number of carbonyl (C=O) groups excluding carboxylic acids is 2. The largest absolute Gasteiger partial charge is 0.463 e. The Balaban J connectivity index is 1.84.